The summed E-state index contributed by atoms with van der Waals surface area (Å²) in [6.07, 6.45) is 0. The number of nitrogens with zero attached hydrogens (tertiary/aromatic N) is 2. The fourth-order valence-electron chi connectivity index (χ4n) is 11.8. The van der Waals surface area contributed by atoms with Crippen LogP contribution >= 0.6 is 0 Å². The third-order valence-corrected chi connectivity index (χ3v) is 15.2. The average molecular weight is 871 g/mol. The van der Waals surface area contributed by atoms with Crippen molar-refractivity contribution in [3.8, 4) is 61.3 Å². The molecule has 1 aromatic heterocycles. The second-order valence-electron chi connectivity index (χ2n) is 19.7. The number of hydrogen-bond donors (Lipinski definition) is 0. The maximum Gasteiger partial charge on any atom is 0.0541 e. The van der Waals surface area contributed by atoms with Crippen molar-refractivity contribution in [2.75, 3.05) is 4.90 Å². The van der Waals surface area contributed by atoms with Gasteiger partial charge in [-0.25, -0.2) is 0 Å². The molecule has 0 unspecified atom stereocenters. The Balaban J connectivity index is 0.960. The Morgan fingerprint density at radius 2 is 0.721 bits per heavy atom. The molecular weight excluding hydrogens is 821 g/mol. The molecule has 2 aliphatic rings. The molecule has 68 heavy (non-hydrogen) atoms. The molecule has 1 heterocycles. The van der Waals surface area contributed by atoms with E-state index in [9.17, 15) is 0 Å². The van der Waals surface area contributed by atoms with Gasteiger partial charge in [0, 0.05) is 44.4 Å². The molecule has 0 bridgehead atoms. The topological polar surface area (TPSA) is 8.17 Å². The molecule has 0 saturated heterocycles. The van der Waals surface area contributed by atoms with Crippen molar-refractivity contribution in [1.82, 2.24) is 4.57 Å². The SMILES string of the molecule is CC1(C)c2cc(N(c3ccc(-c4ccccc4)cc3)c3ccc(-c4ccccc4)cc3)ccc2-c2cc3c(cc21)-c1cc(-n2c4ccccc4c4ccccc42)cc(-c2ccccc2)c1C3(C)C. The molecule has 0 spiro atoms. The molecule has 0 amide bonds. The van der Waals surface area contributed by atoms with Gasteiger partial charge < -0.3 is 9.47 Å². The van der Waals surface area contributed by atoms with Crippen molar-refractivity contribution < 1.29 is 0 Å². The Morgan fingerprint density at radius 1 is 0.309 bits per heavy atom. The van der Waals surface area contributed by atoms with Gasteiger partial charge in [0.1, 0.15) is 0 Å². The smallest absolute Gasteiger partial charge is 0.0541 e. The largest absolute Gasteiger partial charge is 0.310 e. The molecule has 0 N–H and O–H groups in total. The summed E-state index contributed by atoms with van der Waals surface area (Å²) >= 11 is 0. The summed E-state index contributed by atoms with van der Waals surface area (Å²) in [4.78, 5) is 2.42. The van der Waals surface area contributed by atoms with E-state index in [1.54, 1.807) is 0 Å². The van der Waals surface area contributed by atoms with Gasteiger partial charge in [0.25, 0.3) is 0 Å². The monoisotopic (exact) mass is 870 g/mol. The highest BCUT2D eigenvalue weighted by atomic mass is 15.1. The van der Waals surface area contributed by atoms with Crippen molar-refractivity contribution in [2.24, 2.45) is 0 Å². The number of anilines is 3. The fraction of sp³-hybridized carbons (Fsp3) is 0.0909. The van der Waals surface area contributed by atoms with E-state index in [2.05, 4.69) is 268 Å². The maximum atomic E-state index is 2.56. The number of aromatic nitrogens is 1. The number of para-hydroxylation sites is 2. The van der Waals surface area contributed by atoms with Crippen LogP contribution in [0.5, 0.6) is 0 Å². The standard InChI is InChI=1S/C66H50N2/c1-65(2)59-40-50(67(48-32-28-45(29-33-48)43-18-8-5-9-19-43)49-34-30-46(31-35-49)44-20-10-6-11-21-44)36-37-52(59)56-41-61-57(42-60(56)65)58-39-51(38-55(64(58)66(61,3)4)47-22-12-7-13-23-47)68-62-26-16-14-24-53(62)54-25-15-17-27-63(54)68/h5-42H,1-4H3. The Morgan fingerprint density at radius 3 is 1.26 bits per heavy atom. The van der Waals surface area contributed by atoms with Crippen LogP contribution in [0, 0.1) is 0 Å². The van der Waals surface area contributed by atoms with Crippen LogP contribution in [-0.2, 0) is 10.8 Å². The maximum absolute atomic E-state index is 2.56. The van der Waals surface area contributed by atoms with Gasteiger partial charge in [0.05, 0.1) is 11.0 Å². The number of rotatable bonds is 7. The molecule has 2 nitrogen and oxygen atoms in total. The van der Waals surface area contributed by atoms with Gasteiger partial charge in [-0.3, -0.25) is 0 Å². The molecular formula is C66H50N2. The minimum Gasteiger partial charge on any atom is -0.310 e. The molecule has 0 saturated carbocycles. The minimum atomic E-state index is -0.255. The average Bonchev–Trinajstić information content (AvgIpc) is 3.93. The third kappa shape index (κ3) is 6.10. The van der Waals surface area contributed by atoms with Gasteiger partial charge in [-0.2, -0.15) is 0 Å². The van der Waals surface area contributed by atoms with Crippen LogP contribution in [-0.4, -0.2) is 4.57 Å². The second-order valence-corrected chi connectivity index (χ2v) is 19.7. The van der Waals surface area contributed by atoms with Crippen molar-refractivity contribution in [1.29, 1.82) is 0 Å². The summed E-state index contributed by atoms with van der Waals surface area (Å²) in [5.41, 5.74) is 24.7. The van der Waals surface area contributed by atoms with E-state index in [-0.39, 0.29) is 10.8 Å². The molecule has 324 valence electrons. The van der Waals surface area contributed by atoms with Gasteiger partial charge in [-0.05, 0) is 151 Å². The van der Waals surface area contributed by atoms with Crippen molar-refractivity contribution in [2.45, 2.75) is 38.5 Å². The van der Waals surface area contributed by atoms with Gasteiger partial charge >= 0.3 is 0 Å². The molecule has 2 aliphatic carbocycles. The summed E-state index contributed by atoms with van der Waals surface area (Å²) in [7, 11) is 0. The minimum absolute atomic E-state index is 0.244. The Bertz CT molecular complexity index is 3610. The Labute approximate surface area is 399 Å². The molecule has 13 rings (SSSR count). The summed E-state index contributed by atoms with van der Waals surface area (Å²) in [6, 6.07) is 85.3. The Kier molecular flexibility index (Phi) is 8.95. The normalized spacial score (nSPS) is 13.8. The van der Waals surface area contributed by atoms with E-state index in [1.807, 2.05) is 0 Å². The van der Waals surface area contributed by atoms with Gasteiger partial charge in [-0.15, -0.1) is 0 Å². The molecule has 0 radical (unpaired) electrons. The summed E-state index contributed by atoms with van der Waals surface area (Å²) < 4.78 is 2.48. The first-order valence-electron chi connectivity index (χ1n) is 23.9. The van der Waals surface area contributed by atoms with E-state index in [0.29, 0.717) is 0 Å². The van der Waals surface area contributed by atoms with Crippen LogP contribution in [0.1, 0.15) is 49.9 Å². The quantitative estimate of drug-likeness (QED) is 0.155. The zero-order chi connectivity index (χ0) is 45.7. The fourth-order valence-corrected chi connectivity index (χ4v) is 11.8. The van der Waals surface area contributed by atoms with Crippen LogP contribution in [0.2, 0.25) is 0 Å². The summed E-state index contributed by atoms with van der Waals surface area (Å²) in [5, 5.41) is 2.54. The second kappa shape index (κ2) is 15.2. The molecule has 0 aliphatic heterocycles. The lowest BCUT2D eigenvalue weighted by atomic mass is 9.77. The molecule has 0 atom stereocenters. The highest BCUT2D eigenvalue weighted by Crippen LogP contribution is 2.59. The molecule has 0 fully saturated rings. The van der Waals surface area contributed by atoms with E-state index in [0.717, 1.165) is 17.1 Å². The first kappa shape index (κ1) is 40.1. The Hall–Kier alpha value is -8.20. The van der Waals surface area contributed by atoms with Crippen LogP contribution in [0.3, 0.4) is 0 Å². The molecule has 11 aromatic rings. The number of benzene rings is 10. The van der Waals surface area contributed by atoms with E-state index in [1.165, 1.54) is 105 Å². The van der Waals surface area contributed by atoms with Gasteiger partial charge in [-0.1, -0.05) is 185 Å². The molecule has 10 aromatic carbocycles. The van der Waals surface area contributed by atoms with Crippen LogP contribution < -0.4 is 4.90 Å². The lowest BCUT2D eigenvalue weighted by Crippen LogP contribution is -2.18. The van der Waals surface area contributed by atoms with Crippen molar-refractivity contribution in [3.05, 3.63) is 253 Å². The number of fused-ring (bicyclic) bond motifs is 9. The lowest BCUT2D eigenvalue weighted by Gasteiger charge is -2.28. The summed E-state index contributed by atoms with van der Waals surface area (Å²) in [5.74, 6) is 0. The zero-order valence-corrected chi connectivity index (χ0v) is 38.8. The number of hydrogen-bond acceptors (Lipinski definition) is 1. The highest BCUT2D eigenvalue weighted by Gasteiger charge is 2.43. The van der Waals surface area contributed by atoms with Crippen molar-refractivity contribution in [3.63, 3.8) is 0 Å². The molecule has 2 heteroatoms. The predicted octanol–water partition coefficient (Wildman–Crippen LogP) is 17.9. The van der Waals surface area contributed by atoms with Crippen molar-refractivity contribution >= 4 is 38.9 Å². The van der Waals surface area contributed by atoms with Crippen LogP contribution in [0.4, 0.5) is 17.1 Å². The third-order valence-electron chi connectivity index (χ3n) is 15.2. The van der Waals surface area contributed by atoms with Gasteiger partial charge in [0.15, 0.2) is 0 Å². The summed E-state index contributed by atoms with van der Waals surface area (Å²) in [6.45, 7) is 9.72. The van der Waals surface area contributed by atoms with Crippen LogP contribution in [0.15, 0.2) is 231 Å². The first-order chi connectivity index (χ1) is 33.2. The van der Waals surface area contributed by atoms with E-state index in [4.69, 9.17) is 0 Å². The van der Waals surface area contributed by atoms with Crippen LogP contribution in [0.25, 0.3) is 83.1 Å². The van der Waals surface area contributed by atoms with E-state index >= 15 is 0 Å². The highest BCUT2D eigenvalue weighted by molar-refractivity contribution is 6.09. The van der Waals surface area contributed by atoms with Gasteiger partial charge in [0.2, 0.25) is 0 Å². The first-order valence-corrected chi connectivity index (χ1v) is 23.9. The lowest BCUT2D eigenvalue weighted by molar-refractivity contribution is 0.653. The van der Waals surface area contributed by atoms with E-state index < -0.39 is 0 Å². The predicted molar refractivity (Wildman–Crippen MR) is 287 cm³/mol. The zero-order valence-electron chi connectivity index (χ0n) is 38.8.